The second-order valence-electron chi connectivity index (χ2n) is 6.50. The van der Waals surface area contributed by atoms with E-state index in [2.05, 4.69) is 20.4 Å². The Morgan fingerprint density at radius 2 is 1.83 bits per heavy atom. The Labute approximate surface area is 173 Å². The van der Waals surface area contributed by atoms with Crippen molar-refractivity contribution in [3.8, 4) is 22.6 Å². The van der Waals surface area contributed by atoms with Crippen molar-refractivity contribution < 1.29 is 9.53 Å². The average molecular weight is 397 g/mol. The maximum atomic E-state index is 12.3. The van der Waals surface area contributed by atoms with E-state index in [-0.39, 0.29) is 5.91 Å². The average Bonchev–Trinajstić information content (AvgIpc) is 3.21. The molecule has 0 fully saturated rings. The summed E-state index contributed by atoms with van der Waals surface area (Å²) in [7, 11) is 1.86. The zero-order valence-corrected chi connectivity index (χ0v) is 16.3. The molecule has 4 rings (SSSR count). The van der Waals surface area contributed by atoms with E-state index < -0.39 is 0 Å². The molecule has 3 aromatic heterocycles. The highest BCUT2D eigenvalue weighted by Gasteiger charge is 2.06. The van der Waals surface area contributed by atoms with E-state index in [0.29, 0.717) is 17.2 Å². The Morgan fingerprint density at radius 1 is 1.00 bits per heavy atom. The Hall–Kier alpha value is -4.26. The lowest BCUT2D eigenvalue weighted by atomic mass is 10.0. The number of aromatic nitrogens is 4. The lowest BCUT2D eigenvalue weighted by Crippen LogP contribution is -2.07. The smallest absolute Gasteiger partial charge is 0.248 e. The quantitative estimate of drug-likeness (QED) is 0.490. The largest absolute Gasteiger partial charge is 0.456 e. The summed E-state index contributed by atoms with van der Waals surface area (Å²) in [6.07, 6.45) is 13.7. The summed E-state index contributed by atoms with van der Waals surface area (Å²) < 4.78 is 7.43. The summed E-state index contributed by atoms with van der Waals surface area (Å²) in [5.74, 6) is 1.07. The number of aryl methyl sites for hydroxylation is 1. The molecule has 30 heavy (non-hydrogen) atoms. The fraction of sp³-hybridized carbons (Fsp3) is 0.0435. The van der Waals surface area contributed by atoms with Crippen molar-refractivity contribution in [2.24, 2.45) is 7.05 Å². The first-order valence-corrected chi connectivity index (χ1v) is 9.27. The van der Waals surface area contributed by atoms with Crippen molar-refractivity contribution in [3.63, 3.8) is 0 Å². The number of nitrogens with one attached hydrogen (secondary N) is 1. The predicted molar refractivity (Wildman–Crippen MR) is 115 cm³/mol. The zero-order chi connectivity index (χ0) is 20.8. The molecule has 0 saturated heterocycles. The van der Waals surface area contributed by atoms with Gasteiger partial charge >= 0.3 is 0 Å². The van der Waals surface area contributed by atoms with Crippen LogP contribution in [0.3, 0.4) is 0 Å². The Kier molecular flexibility index (Phi) is 5.61. The second-order valence-corrected chi connectivity index (χ2v) is 6.50. The Morgan fingerprint density at radius 3 is 2.57 bits per heavy atom. The number of carbonyl (C=O) groups is 1. The molecule has 0 aliphatic carbocycles. The maximum Gasteiger partial charge on any atom is 0.248 e. The molecule has 7 heteroatoms. The van der Waals surface area contributed by atoms with Crippen LogP contribution in [-0.4, -0.2) is 25.7 Å². The monoisotopic (exact) mass is 397 g/mol. The summed E-state index contributed by atoms with van der Waals surface area (Å²) in [5, 5.41) is 7.03. The number of hydrogen-bond donors (Lipinski definition) is 1. The summed E-state index contributed by atoms with van der Waals surface area (Å²) in [5.41, 5.74) is 3.42. The molecular weight excluding hydrogens is 378 g/mol. The fourth-order valence-electron chi connectivity index (χ4n) is 2.86. The van der Waals surface area contributed by atoms with Gasteiger partial charge in [-0.15, -0.1) is 0 Å². The Balaban J connectivity index is 1.41. The minimum atomic E-state index is -0.239. The molecule has 0 aliphatic heterocycles. The van der Waals surface area contributed by atoms with Crippen LogP contribution < -0.4 is 10.1 Å². The van der Waals surface area contributed by atoms with E-state index in [1.54, 1.807) is 72.1 Å². The number of ether oxygens (including phenoxy) is 1. The molecule has 1 aromatic carbocycles. The van der Waals surface area contributed by atoms with Gasteiger partial charge < -0.3 is 10.1 Å². The number of anilines is 1. The molecule has 0 bridgehead atoms. The maximum absolute atomic E-state index is 12.3. The summed E-state index contributed by atoms with van der Waals surface area (Å²) >= 11 is 0. The van der Waals surface area contributed by atoms with Gasteiger partial charge in [0.2, 0.25) is 5.91 Å². The molecule has 0 aliphatic rings. The van der Waals surface area contributed by atoms with Crippen molar-refractivity contribution in [2.45, 2.75) is 0 Å². The minimum absolute atomic E-state index is 0.239. The molecule has 0 atom stereocenters. The molecule has 1 amide bonds. The summed E-state index contributed by atoms with van der Waals surface area (Å²) in [6, 6.07) is 12.7. The third-order valence-corrected chi connectivity index (χ3v) is 4.27. The van der Waals surface area contributed by atoms with E-state index in [1.165, 1.54) is 6.08 Å². The van der Waals surface area contributed by atoms with E-state index in [9.17, 15) is 4.79 Å². The van der Waals surface area contributed by atoms with Gasteiger partial charge in [0, 0.05) is 54.7 Å². The van der Waals surface area contributed by atoms with Crippen LogP contribution in [0.25, 0.3) is 17.2 Å². The Bertz CT molecular complexity index is 1170. The number of nitrogens with zero attached hydrogens (tertiary/aromatic N) is 4. The van der Waals surface area contributed by atoms with Gasteiger partial charge in [-0.25, -0.2) is 0 Å². The number of pyridine rings is 2. The van der Waals surface area contributed by atoms with Gasteiger partial charge in [0.25, 0.3) is 0 Å². The van der Waals surface area contributed by atoms with Crippen LogP contribution in [0.15, 0.2) is 85.7 Å². The van der Waals surface area contributed by atoms with E-state index in [1.807, 2.05) is 25.4 Å². The molecule has 0 radical (unpaired) electrons. The van der Waals surface area contributed by atoms with E-state index in [0.717, 1.165) is 16.7 Å². The van der Waals surface area contributed by atoms with E-state index >= 15 is 0 Å². The van der Waals surface area contributed by atoms with Crippen LogP contribution in [0.1, 0.15) is 5.56 Å². The topological polar surface area (TPSA) is 81.9 Å². The van der Waals surface area contributed by atoms with Crippen molar-refractivity contribution in [2.75, 3.05) is 5.32 Å². The first-order chi connectivity index (χ1) is 14.7. The fourth-order valence-corrected chi connectivity index (χ4v) is 2.86. The molecule has 4 aromatic rings. The third kappa shape index (κ3) is 4.77. The van der Waals surface area contributed by atoms with Crippen LogP contribution in [0.5, 0.6) is 11.5 Å². The molecule has 3 heterocycles. The highest BCUT2D eigenvalue weighted by atomic mass is 16.5. The molecule has 0 spiro atoms. The van der Waals surface area contributed by atoms with Gasteiger partial charge in [-0.1, -0.05) is 0 Å². The molecule has 148 valence electrons. The van der Waals surface area contributed by atoms with Gasteiger partial charge in [-0.2, -0.15) is 5.10 Å². The lowest BCUT2D eigenvalue weighted by molar-refractivity contribution is -0.111. The number of benzene rings is 1. The highest BCUT2D eigenvalue weighted by Crippen LogP contribution is 2.24. The SMILES string of the molecule is Cn1cc(-c2ccncc2/C=C/C(=O)Nc2ccc(Oc3cccnc3)cc2)cn1. The van der Waals surface area contributed by atoms with Crippen LogP contribution in [-0.2, 0) is 11.8 Å². The number of amides is 1. The molecule has 7 nitrogen and oxygen atoms in total. The van der Waals surface area contributed by atoms with Gasteiger partial charge in [0.1, 0.15) is 11.5 Å². The van der Waals surface area contributed by atoms with Crippen LogP contribution in [0.4, 0.5) is 5.69 Å². The summed E-state index contributed by atoms with van der Waals surface area (Å²) in [6.45, 7) is 0. The normalized spacial score (nSPS) is 10.8. The van der Waals surface area contributed by atoms with Gasteiger partial charge in [0.15, 0.2) is 0 Å². The molecular formula is C23H19N5O2. The van der Waals surface area contributed by atoms with Crippen molar-refractivity contribution >= 4 is 17.7 Å². The highest BCUT2D eigenvalue weighted by molar-refractivity contribution is 6.02. The lowest BCUT2D eigenvalue weighted by Gasteiger charge is -2.07. The van der Waals surface area contributed by atoms with Gasteiger partial charge in [-0.05, 0) is 54.1 Å². The van der Waals surface area contributed by atoms with Crippen molar-refractivity contribution in [3.05, 3.63) is 91.3 Å². The molecule has 0 unspecified atom stereocenters. The van der Waals surface area contributed by atoms with Crippen molar-refractivity contribution in [1.82, 2.24) is 19.7 Å². The van der Waals surface area contributed by atoms with Crippen LogP contribution >= 0.6 is 0 Å². The standard InChI is InChI=1S/C23H19N5O2/c1-28-16-18(14-26-28)22-10-12-25-13-17(22)4-9-23(29)27-19-5-7-20(8-6-19)30-21-3-2-11-24-15-21/h2-16H,1H3,(H,27,29)/b9-4+. The second kappa shape index (κ2) is 8.83. The number of rotatable bonds is 6. The minimum Gasteiger partial charge on any atom is -0.456 e. The molecule has 1 N–H and O–H groups in total. The first-order valence-electron chi connectivity index (χ1n) is 9.27. The first kappa shape index (κ1) is 19.1. The van der Waals surface area contributed by atoms with E-state index in [4.69, 9.17) is 4.74 Å². The van der Waals surface area contributed by atoms with Gasteiger partial charge in [0.05, 0.1) is 12.4 Å². The molecule has 0 saturated carbocycles. The van der Waals surface area contributed by atoms with Crippen LogP contribution in [0, 0.1) is 0 Å². The number of hydrogen-bond acceptors (Lipinski definition) is 5. The van der Waals surface area contributed by atoms with Crippen molar-refractivity contribution in [1.29, 1.82) is 0 Å². The summed E-state index contributed by atoms with van der Waals surface area (Å²) in [4.78, 5) is 20.5. The third-order valence-electron chi connectivity index (χ3n) is 4.27. The van der Waals surface area contributed by atoms with Crippen LogP contribution in [0.2, 0.25) is 0 Å². The van der Waals surface area contributed by atoms with Gasteiger partial charge in [-0.3, -0.25) is 19.4 Å². The predicted octanol–water partition coefficient (Wildman–Crippen LogP) is 4.32. The zero-order valence-electron chi connectivity index (χ0n) is 16.3. The number of carbonyl (C=O) groups excluding carboxylic acids is 1.